The first-order chi connectivity index (χ1) is 10.0. The van der Waals surface area contributed by atoms with Crippen molar-refractivity contribution in [1.29, 1.82) is 0 Å². The topological polar surface area (TPSA) is 0 Å². The van der Waals surface area contributed by atoms with Gasteiger partial charge in [-0.3, -0.25) is 0 Å². The third kappa shape index (κ3) is 3.22. The molecule has 0 bridgehead atoms. The normalized spacial score (nSPS) is 12.6. The highest BCUT2D eigenvalue weighted by Gasteiger charge is 2.15. The minimum absolute atomic E-state index is 0.329. The Bertz CT molecular complexity index is 814. The summed E-state index contributed by atoms with van der Waals surface area (Å²) >= 11 is 22.3. The molecule has 0 aliphatic rings. The van der Waals surface area contributed by atoms with Crippen LogP contribution in [0.4, 0.5) is 0 Å². The van der Waals surface area contributed by atoms with Gasteiger partial charge in [-0.2, -0.15) is 0 Å². The maximum Gasteiger partial charge on any atom is 0.0850 e. The van der Waals surface area contributed by atoms with E-state index < -0.39 is 0 Å². The Morgan fingerprint density at radius 1 is 0.810 bits per heavy atom. The van der Waals surface area contributed by atoms with Crippen LogP contribution in [0.25, 0.3) is 10.8 Å². The first kappa shape index (κ1) is 15.2. The van der Waals surface area contributed by atoms with Crippen LogP contribution in [0.1, 0.15) is 16.5 Å². The summed E-state index contributed by atoms with van der Waals surface area (Å²) in [6.45, 7) is 0. The summed E-state index contributed by atoms with van der Waals surface area (Å²) in [4.78, 5) is 0. The fraction of sp³-hybridized carbons (Fsp3) is 0.0588. The highest BCUT2D eigenvalue weighted by atomic mass is 79.9. The van der Waals surface area contributed by atoms with Gasteiger partial charge in [0.05, 0.1) is 5.38 Å². The lowest BCUT2D eigenvalue weighted by molar-refractivity contribution is 1.15. The average Bonchev–Trinajstić information content (AvgIpc) is 2.48. The van der Waals surface area contributed by atoms with Crippen molar-refractivity contribution in [2.75, 3.05) is 0 Å². The molecule has 3 aromatic carbocycles. The predicted molar refractivity (Wildman–Crippen MR) is 95.8 cm³/mol. The van der Waals surface area contributed by atoms with Crippen LogP contribution >= 0.6 is 50.7 Å². The molecule has 0 saturated heterocycles. The van der Waals surface area contributed by atoms with Gasteiger partial charge in [-0.15, -0.1) is 11.6 Å². The fourth-order valence-corrected chi connectivity index (χ4v) is 3.44. The lowest BCUT2D eigenvalue weighted by atomic mass is 10.0. The summed E-state index contributed by atoms with van der Waals surface area (Å²) in [7, 11) is 0. The quantitative estimate of drug-likeness (QED) is 0.398. The smallest absolute Gasteiger partial charge is 0.0850 e. The molecule has 4 heteroatoms. The summed E-state index contributed by atoms with van der Waals surface area (Å²) < 4.78 is 1.06. The lowest BCUT2D eigenvalue weighted by Crippen LogP contribution is -1.94. The van der Waals surface area contributed by atoms with Crippen molar-refractivity contribution in [3.63, 3.8) is 0 Å². The fourth-order valence-electron chi connectivity index (χ4n) is 2.28. The number of alkyl halides is 1. The van der Waals surface area contributed by atoms with Crippen LogP contribution in [0.5, 0.6) is 0 Å². The molecule has 0 amide bonds. The SMILES string of the molecule is Clc1ccc(Cl)c(C(Cl)c2ccc3cc(Br)ccc3c2)c1. The molecule has 3 rings (SSSR count). The zero-order valence-electron chi connectivity index (χ0n) is 10.8. The van der Waals surface area contributed by atoms with Crippen molar-refractivity contribution < 1.29 is 0 Å². The van der Waals surface area contributed by atoms with E-state index in [-0.39, 0.29) is 5.38 Å². The van der Waals surface area contributed by atoms with E-state index in [0.717, 1.165) is 26.4 Å². The highest BCUT2D eigenvalue weighted by molar-refractivity contribution is 9.10. The van der Waals surface area contributed by atoms with E-state index in [1.54, 1.807) is 12.1 Å². The van der Waals surface area contributed by atoms with Gasteiger partial charge in [-0.05, 0) is 58.3 Å². The molecule has 106 valence electrons. The molecule has 0 radical (unpaired) electrons. The van der Waals surface area contributed by atoms with Crippen LogP contribution in [0.2, 0.25) is 10.0 Å². The van der Waals surface area contributed by atoms with E-state index >= 15 is 0 Å². The molecular formula is C17H10BrCl3. The van der Waals surface area contributed by atoms with Crippen molar-refractivity contribution in [3.8, 4) is 0 Å². The Balaban J connectivity index is 2.07. The molecule has 0 saturated carbocycles. The number of rotatable bonds is 2. The van der Waals surface area contributed by atoms with Crippen LogP contribution < -0.4 is 0 Å². The maximum atomic E-state index is 6.59. The number of hydrogen-bond acceptors (Lipinski definition) is 0. The molecule has 0 nitrogen and oxygen atoms in total. The number of hydrogen-bond donors (Lipinski definition) is 0. The molecule has 0 aliphatic carbocycles. The third-order valence-electron chi connectivity index (χ3n) is 3.35. The van der Waals surface area contributed by atoms with E-state index in [0.29, 0.717) is 10.0 Å². The first-order valence-corrected chi connectivity index (χ1v) is 8.31. The Labute approximate surface area is 146 Å². The standard InChI is InChI=1S/C17H10BrCl3/c18-13-4-3-10-7-12(2-1-11(10)8-13)17(21)15-9-14(19)5-6-16(15)20/h1-9,17H. The summed E-state index contributed by atoms with van der Waals surface area (Å²) in [5.41, 5.74) is 1.82. The number of halogens is 4. The van der Waals surface area contributed by atoms with Crippen molar-refractivity contribution in [1.82, 2.24) is 0 Å². The molecule has 3 aromatic rings. The number of fused-ring (bicyclic) bond motifs is 1. The molecule has 1 unspecified atom stereocenters. The van der Waals surface area contributed by atoms with Gasteiger partial charge in [0.1, 0.15) is 0 Å². The van der Waals surface area contributed by atoms with Crippen LogP contribution in [0.3, 0.4) is 0 Å². The lowest BCUT2D eigenvalue weighted by Gasteiger charge is -2.13. The molecule has 0 fully saturated rings. The van der Waals surface area contributed by atoms with Crippen LogP contribution in [-0.2, 0) is 0 Å². The van der Waals surface area contributed by atoms with E-state index in [2.05, 4.69) is 40.2 Å². The van der Waals surface area contributed by atoms with E-state index in [1.165, 1.54) is 0 Å². The van der Waals surface area contributed by atoms with Gasteiger partial charge in [0.25, 0.3) is 0 Å². The van der Waals surface area contributed by atoms with Gasteiger partial charge in [0, 0.05) is 14.5 Å². The number of benzene rings is 3. The summed E-state index contributed by atoms with van der Waals surface area (Å²) in [6.07, 6.45) is 0. The van der Waals surface area contributed by atoms with E-state index in [4.69, 9.17) is 34.8 Å². The summed E-state index contributed by atoms with van der Waals surface area (Å²) in [5, 5.41) is 3.22. The van der Waals surface area contributed by atoms with E-state index in [9.17, 15) is 0 Å². The third-order valence-corrected chi connectivity index (χ3v) is 4.91. The highest BCUT2D eigenvalue weighted by Crippen LogP contribution is 2.36. The Morgan fingerprint density at radius 2 is 1.52 bits per heavy atom. The van der Waals surface area contributed by atoms with Crippen molar-refractivity contribution in [2.45, 2.75) is 5.38 Å². The molecule has 0 N–H and O–H groups in total. The van der Waals surface area contributed by atoms with Gasteiger partial charge in [-0.1, -0.05) is 57.3 Å². The first-order valence-electron chi connectivity index (χ1n) is 6.33. The van der Waals surface area contributed by atoms with Crippen molar-refractivity contribution >= 4 is 61.5 Å². The minimum atomic E-state index is -0.329. The zero-order chi connectivity index (χ0) is 15.0. The Morgan fingerprint density at radius 3 is 2.33 bits per heavy atom. The molecule has 0 aromatic heterocycles. The second kappa shape index (κ2) is 6.18. The predicted octanol–water partition coefficient (Wildman–Crippen LogP) is 7.24. The Kier molecular flexibility index (Phi) is 4.46. The van der Waals surface area contributed by atoms with Gasteiger partial charge >= 0.3 is 0 Å². The minimum Gasteiger partial charge on any atom is -0.113 e. The average molecular weight is 401 g/mol. The van der Waals surface area contributed by atoms with Gasteiger partial charge < -0.3 is 0 Å². The van der Waals surface area contributed by atoms with Crippen molar-refractivity contribution in [2.24, 2.45) is 0 Å². The molecule has 1 atom stereocenters. The van der Waals surface area contributed by atoms with Gasteiger partial charge in [0.15, 0.2) is 0 Å². The summed E-state index contributed by atoms with van der Waals surface area (Å²) in [6, 6.07) is 17.7. The monoisotopic (exact) mass is 398 g/mol. The largest absolute Gasteiger partial charge is 0.113 e. The molecular weight excluding hydrogens is 390 g/mol. The van der Waals surface area contributed by atoms with Crippen LogP contribution in [0.15, 0.2) is 59.1 Å². The van der Waals surface area contributed by atoms with Gasteiger partial charge in [0.2, 0.25) is 0 Å². The molecule has 0 aliphatic heterocycles. The van der Waals surface area contributed by atoms with E-state index in [1.807, 2.05) is 18.2 Å². The van der Waals surface area contributed by atoms with Crippen LogP contribution in [0, 0.1) is 0 Å². The van der Waals surface area contributed by atoms with Crippen molar-refractivity contribution in [3.05, 3.63) is 80.2 Å². The molecule has 0 spiro atoms. The molecule has 0 heterocycles. The zero-order valence-corrected chi connectivity index (χ0v) is 14.6. The Hall–Kier alpha value is -0.730. The molecule has 21 heavy (non-hydrogen) atoms. The summed E-state index contributed by atoms with van der Waals surface area (Å²) in [5.74, 6) is 0. The second-order valence-electron chi connectivity index (χ2n) is 4.78. The second-order valence-corrected chi connectivity index (χ2v) is 6.98. The van der Waals surface area contributed by atoms with Crippen LogP contribution in [-0.4, -0.2) is 0 Å². The van der Waals surface area contributed by atoms with Gasteiger partial charge in [-0.25, -0.2) is 0 Å². The maximum absolute atomic E-state index is 6.59.